The average molecular weight is 1460 g/mol. The lowest BCUT2D eigenvalue weighted by atomic mass is 9.78. The van der Waals surface area contributed by atoms with E-state index in [9.17, 15) is 33.9 Å². The van der Waals surface area contributed by atoms with Crippen molar-refractivity contribution in [3.63, 3.8) is 0 Å². The number of amides is 4. The third-order valence-corrected chi connectivity index (χ3v) is 17.9. The van der Waals surface area contributed by atoms with Crippen LogP contribution in [-0.2, 0) is 65.3 Å². The number of primary amides is 2. The van der Waals surface area contributed by atoms with E-state index in [1.807, 2.05) is 78.8 Å². The van der Waals surface area contributed by atoms with E-state index >= 15 is 0 Å². The van der Waals surface area contributed by atoms with Crippen LogP contribution >= 0.6 is 0 Å². The zero-order chi connectivity index (χ0) is 78.7. The molecule has 0 saturated carbocycles. The Hall–Kier alpha value is -6.52. The fourth-order valence-electron chi connectivity index (χ4n) is 10.8. The molecule has 0 spiro atoms. The van der Waals surface area contributed by atoms with E-state index in [2.05, 4.69) is 58.2 Å². The molecule has 0 aromatic heterocycles. The van der Waals surface area contributed by atoms with Gasteiger partial charge in [0.15, 0.2) is 23.0 Å². The van der Waals surface area contributed by atoms with E-state index in [1.54, 1.807) is 76.9 Å². The zero-order valence-corrected chi connectivity index (χ0v) is 67.2. The largest absolute Gasteiger partial charge is 0.493 e. The van der Waals surface area contributed by atoms with Crippen LogP contribution in [-0.4, -0.2) is 144 Å². The van der Waals surface area contributed by atoms with Crippen LogP contribution in [0.25, 0.3) is 0 Å². The molecule has 2 aromatic rings. The minimum Gasteiger partial charge on any atom is -0.493 e. The van der Waals surface area contributed by atoms with Gasteiger partial charge in [-0.3, -0.25) is 19.2 Å². The Kier molecular flexibility index (Phi) is 51.3. The summed E-state index contributed by atoms with van der Waals surface area (Å²) in [6, 6.07) is 10.9. The molecule has 0 radical (unpaired) electrons. The highest BCUT2D eigenvalue weighted by Gasteiger charge is 2.43. The minimum atomic E-state index is -1.01. The molecule has 23 nitrogen and oxygen atoms in total. The second kappa shape index (κ2) is 52.4. The lowest BCUT2D eigenvalue weighted by molar-refractivity contribution is -0.191. The highest BCUT2D eigenvalue weighted by molar-refractivity contribution is 5.84. The third kappa shape index (κ3) is 43.5. The Labute approximate surface area is 621 Å². The molecule has 1 saturated heterocycles. The van der Waals surface area contributed by atoms with Crippen LogP contribution in [0.15, 0.2) is 36.4 Å². The molecule has 1 aliphatic rings. The van der Waals surface area contributed by atoms with Gasteiger partial charge in [0.1, 0.15) is 23.1 Å². The summed E-state index contributed by atoms with van der Waals surface area (Å²) in [5.74, 6) is 1.98. The number of carbonyl (C=O) groups is 6. The normalized spacial score (nSPS) is 15.3. The predicted octanol–water partition coefficient (Wildman–Crippen LogP) is 14.4. The van der Waals surface area contributed by atoms with Crippen LogP contribution in [0.3, 0.4) is 0 Å². The second-order valence-corrected chi connectivity index (χ2v) is 31.3. The first-order chi connectivity index (χ1) is 47.5. The Morgan fingerprint density at radius 3 is 1.37 bits per heavy atom. The maximum atomic E-state index is 13.4. The van der Waals surface area contributed by atoms with Crippen LogP contribution in [0.4, 0.5) is 9.59 Å². The first-order valence-electron chi connectivity index (χ1n) is 36.8. The number of Topliss-reactive ketones (excluding diaryl/α,β-unsaturated/α-hetero) is 1. The molecule has 1 fully saturated rings. The summed E-state index contributed by atoms with van der Waals surface area (Å²) < 4.78 is 50.2. The highest BCUT2D eigenvalue weighted by atomic mass is 16.6. The standard InChI is InChI=1S/C36H62N2O8.C30H49NO7.C7H16.C5H12N2O.CO2.CH4/c1-23(2)26(19-25-13-14-31(44-11)32(20-25)45-18-12-17-43-10)21-28(38-34(42)46-35(5,6)7)30(40)22-27(24(3)4)29(39)15-16-36(8,9)33(37)41;1-19(2)22(15-21-11-12-25(35-9)27(16-21)36-14-10-13-34-8)17-24(31-29(33)38-30(5,6)7)26-18-23(20(3)4)28(32)37-26;1-3-5-7-6-4-2;1-5(2,3-6)4(7)8;2-1-3;/h13-14,20,23-24,26-28,30,40H,12,15-19,21-22H2,1-11H3,(H2,37,41)(H,38,42);11-12,16,19-20,22-24,26H,10,13-15,17-18H2,1-9H3,(H,31,33);3-7H2,1-2H3;3,6H2,1-2H3,(H2,7,8);;1H4/t26-,27-,28-,30-;22-,23-,24-,26-;;;;/m00..../s1. The van der Waals surface area contributed by atoms with Crippen molar-refractivity contribution in [3.05, 3.63) is 47.5 Å². The van der Waals surface area contributed by atoms with Crippen molar-refractivity contribution in [2.24, 2.45) is 75.4 Å². The summed E-state index contributed by atoms with van der Waals surface area (Å²) >= 11 is 0. The van der Waals surface area contributed by atoms with Crippen LogP contribution in [0.1, 0.15) is 240 Å². The quantitative estimate of drug-likeness (QED) is 0.0205. The molecule has 3 rings (SSSR count). The maximum Gasteiger partial charge on any atom is 0.408 e. The SMILES string of the molecule is C.CC(C)(CN)C(N)=O.CCCCCCC.COCCCOc1cc(C[C@@H](C[C@H](NC(=O)OC(C)(C)C)[C@@H](O)C[C@H](C(=O)CCC(C)(C)C(N)=O)C(C)C)C(C)C)ccc1OC.COCCCOc1cc(C[C@@H](C[C@H](NC(=O)OC(C)(C)C)[C@@H]2C[C@@H](C(C)C)C(=O)O2)C(C)C)ccc1OC.O=C=O. The number of ketones is 1. The number of alkyl carbamates (subject to hydrolysis) is 2. The summed E-state index contributed by atoms with van der Waals surface area (Å²) in [5, 5.41) is 17.6. The minimum absolute atomic E-state index is 0. The number of nitrogens with one attached hydrogen (secondary N) is 2. The fourth-order valence-corrected chi connectivity index (χ4v) is 10.8. The predicted molar refractivity (Wildman–Crippen MR) is 407 cm³/mol. The Morgan fingerprint density at radius 2 is 1.03 bits per heavy atom. The lowest BCUT2D eigenvalue weighted by Crippen LogP contribution is -2.48. The number of nitrogens with two attached hydrogens (primary N) is 3. The maximum absolute atomic E-state index is 13.4. The fraction of sp³-hybridized carbons (Fsp3) is 0.762. The number of rotatable bonds is 41. The van der Waals surface area contributed by atoms with E-state index in [0.29, 0.717) is 94.0 Å². The molecule has 0 aliphatic carbocycles. The van der Waals surface area contributed by atoms with E-state index in [1.165, 1.54) is 32.1 Å². The number of aliphatic hydroxyl groups excluding tert-OH is 1. The molecule has 2 aromatic carbocycles. The average Bonchev–Trinajstić information content (AvgIpc) is 1.49. The zero-order valence-electron chi connectivity index (χ0n) is 67.2. The smallest absolute Gasteiger partial charge is 0.408 e. The van der Waals surface area contributed by atoms with Crippen molar-refractivity contribution < 1.29 is 86.1 Å². The molecule has 23 heteroatoms. The highest BCUT2D eigenvalue weighted by Crippen LogP contribution is 2.37. The summed E-state index contributed by atoms with van der Waals surface area (Å²) in [5.41, 5.74) is 15.2. The number of hydrogen-bond acceptors (Lipinski definition) is 19. The summed E-state index contributed by atoms with van der Waals surface area (Å²) in [7, 11) is 6.57. The van der Waals surface area contributed by atoms with Crippen LogP contribution < -0.4 is 46.8 Å². The second-order valence-electron chi connectivity index (χ2n) is 31.3. The van der Waals surface area contributed by atoms with E-state index < -0.39 is 58.2 Å². The van der Waals surface area contributed by atoms with Crippen molar-refractivity contribution in [1.82, 2.24) is 10.6 Å². The number of unbranched alkanes of at least 4 members (excludes halogenated alkanes) is 4. The molecule has 1 aliphatic heterocycles. The molecule has 596 valence electrons. The van der Waals surface area contributed by atoms with Crippen LogP contribution in [0.5, 0.6) is 23.0 Å². The van der Waals surface area contributed by atoms with Gasteiger partial charge in [-0.05, 0) is 171 Å². The lowest BCUT2D eigenvalue weighted by Gasteiger charge is -2.33. The molecule has 9 N–H and O–H groups in total. The van der Waals surface area contributed by atoms with Gasteiger partial charge in [0.05, 0.1) is 57.0 Å². The van der Waals surface area contributed by atoms with Gasteiger partial charge < -0.3 is 75.6 Å². The van der Waals surface area contributed by atoms with Gasteiger partial charge in [-0.25, -0.2) is 9.59 Å². The number of hydrogen-bond donors (Lipinski definition) is 6. The Morgan fingerprint density at radius 1 is 0.602 bits per heavy atom. The topological polar surface area (TPSA) is 342 Å². The van der Waals surface area contributed by atoms with Crippen LogP contribution in [0, 0.1) is 58.2 Å². The molecule has 8 atom stereocenters. The number of cyclic esters (lactones) is 1. The van der Waals surface area contributed by atoms with Crippen molar-refractivity contribution in [3.8, 4) is 23.0 Å². The molecular weight excluding hydrogens is 1320 g/mol. The van der Waals surface area contributed by atoms with E-state index in [-0.39, 0.29) is 91.7 Å². The summed E-state index contributed by atoms with van der Waals surface area (Å²) in [6.45, 7) is 41.4. The van der Waals surface area contributed by atoms with E-state index in [4.69, 9.17) is 69.4 Å². The van der Waals surface area contributed by atoms with Crippen molar-refractivity contribution >= 4 is 41.9 Å². The molecular formula is C80H143N5O18. The molecule has 103 heavy (non-hydrogen) atoms. The first-order valence-corrected chi connectivity index (χ1v) is 36.8. The van der Waals surface area contributed by atoms with Crippen LogP contribution in [0.2, 0.25) is 0 Å². The Bertz CT molecular complexity index is 2730. The van der Waals surface area contributed by atoms with Gasteiger partial charge in [-0.2, -0.15) is 9.59 Å². The van der Waals surface area contributed by atoms with Gasteiger partial charge in [0.25, 0.3) is 0 Å². The Balaban J connectivity index is -0.00000156. The van der Waals surface area contributed by atoms with Gasteiger partial charge in [0.2, 0.25) is 11.8 Å². The number of esters is 1. The molecule has 4 amide bonds. The molecule has 1 heterocycles. The van der Waals surface area contributed by atoms with Gasteiger partial charge in [-0.1, -0.05) is 135 Å². The number of carbonyl (C=O) groups excluding carboxylic acids is 8. The number of ether oxygens (including phenoxy) is 9. The van der Waals surface area contributed by atoms with Gasteiger partial charge >= 0.3 is 24.3 Å². The summed E-state index contributed by atoms with van der Waals surface area (Å²) in [6.07, 6.45) is 10.1. The van der Waals surface area contributed by atoms with E-state index in [0.717, 1.165) is 30.4 Å². The number of methoxy groups -OCH3 is 4. The molecule has 0 bridgehead atoms. The van der Waals surface area contributed by atoms with Crippen molar-refractivity contribution in [1.29, 1.82) is 0 Å². The monoisotopic (exact) mass is 1460 g/mol. The first kappa shape index (κ1) is 101. The van der Waals surface area contributed by atoms with Crippen molar-refractivity contribution in [2.75, 3.05) is 61.4 Å². The number of aliphatic hydroxyl groups is 1. The van der Waals surface area contributed by atoms with Gasteiger partial charge in [0, 0.05) is 64.6 Å². The van der Waals surface area contributed by atoms with Gasteiger partial charge in [-0.15, -0.1) is 0 Å². The third-order valence-electron chi connectivity index (χ3n) is 17.9. The summed E-state index contributed by atoms with van der Waals surface area (Å²) in [4.78, 5) is 90.2. The van der Waals surface area contributed by atoms with Crippen molar-refractivity contribution in [2.45, 2.75) is 278 Å². The molecule has 0 unspecified atom stereocenters. The number of benzene rings is 2.